The first-order valence-electron chi connectivity index (χ1n) is 6.86. The molecule has 96 valence electrons. The number of aryl methyl sites for hydroxylation is 1. The number of benzene rings is 1. The molecule has 0 bridgehead atoms. The fourth-order valence-corrected chi connectivity index (χ4v) is 2.46. The molecule has 0 amide bonds. The molecule has 2 nitrogen and oxygen atoms in total. The number of rotatable bonds is 3. The molecule has 0 saturated carbocycles. The van der Waals surface area contributed by atoms with Crippen LogP contribution in [-0.2, 0) is 13.0 Å². The molecule has 1 fully saturated rings. The Balaban J connectivity index is 1.89. The number of likely N-dealkylation sites (tertiary alicyclic amines) is 1. The summed E-state index contributed by atoms with van der Waals surface area (Å²) in [6, 6.07) is 11.4. The van der Waals surface area contributed by atoms with Crippen LogP contribution >= 0.6 is 0 Å². The number of hydrogen-bond donors (Lipinski definition) is 0. The molecular weight excluding hydrogens is 220 g/mol. The topological polar surface area (TPSA) is 27.0 Å². The summed E-state index contributed by atoms with van der Waals surface area (Å²) >= 11 is 0. The third-order valence-electron chi connectivity index (χ3n) is 4.07. The van der Waals surface area contributed by atoms with E-state index < -0.39 is 0 Å². The van der Waals surface area contributed by atoms with Gasteiger partial charge in [-0.05, 0) is 50.4 Å². The smallest absolute Gasteiger partial charge is 0.0687 e. The van der Waals surface area contributed by atoms with Crippen molar-refractivity contribution in [1.29, 1.82) is 5.26 Å². The van der Waals surface area contributed by atoms with E-state index in [-0.39, 0.29) is 5.41 Å². The molecule has 1 aromatic rings. The zero-order valence-electron chi connectivity index (χ0n) is 11.4. The molecule has 0 aliphatic carbocycles. The molecule has 18 heavy (non-hydrogen) atoms. The van der Waals surface area contributed by atoms with Crippen molar-refractivity contribution < 1.29 is 0 Å². The minimum absolute atomic E-state index is 0.0947. The van der Waals surface area contributed by atoms with Crippen molar-refractivity contribution in [3.05, 3.63) is 35.4 Å². The fraction of sp³-hybridized carbons (Fsp3) is 0.562. The van der Waals surface area contributed by atoms with Gasteiger partial charge in [-0.3, -0.25) is 4.90 Å². The zero-order valence-corrected chi connectivity index (χ0v) is 11.4. The van der Waals surface area contributed by atoms with Crippen molar-refractivity contribution in [2.45, 2.75) is 39.7 Å². The maximum absolute atomic E-state index is 9.12. The predicted molar refractivity (Wildman–Crippen MR) is 74.1 cm³/mol. The van der Waals surface area contributed by atoms with E-state index >= 15 is 0 Å². The Bertz CT molecular complexity index is 419. The quantitative estimate of drug-likeness (QED) is 0.812. The SMILES string of the molecule is CCc1ccc(CN2CCC(C)(C#N)CC2)cc1. The van der Waals surface area contributed by atoms with Gasteiger partial charge in [0.2, 0.25) is 0 Å². The Labute approximate surface area is 110 Å². The monoisotopic (exact) mass is 242 g/mol. The molecule has 1 saturated heterocycles. The maximum atomic E-state index is 9.12. The number of piperidine rings is 1. The molecule has 2 heteroatoms. The second kappa shape index (κ2) is 5.54. The van der Waals surface area contributed by atoms with E-state index in [0.29, 0.717) is 0 Å². The summed E-state index contributed by atoms with van der Waals surface area (Å²) in [7, 11) is 0. The largest absolute Gasteiger partial charge is 0.299 e. The second-order valence-electron chi connectivity index (χ2n) is 5.62. The highest BCUT2D eigenvalue weighted by Gasteiger charge is 2.29. The van der Waals surface area contributed by atoms with E-state index in [1.807, 2.05) is 0 Å². The molecule has 1 aliphatic rings. The molecular formula is C16H22N2. The van der Waals surface area contributed by atoms with Crippen molar-refractivity contribution >= 4 is 0 Å². The van der Waals surface area contributed by atoms with Crippen molar-refractivity contribution in [3.63, 3.8) is 0 Å². The van der Waals surface area contributed by atoms with Gasteiger partial charge in [0.15, 0.2) is 0 Å². The Kier molecular flexibility index (Phi) is 4.04. The number of hydrogen-bond acceptors (Lipinski definition) is 2. The van der Waals surface area contributed by atoms with E-state index in [1.165, 1.54) is 11.1 Å². The minimum Gasteiger partial charge on any atom is -0.299 e. The Morgan fingerprint density at radius 1 is 1.17 bits per heavy atom. The van der Waals surface area contributed by atoms with E-state index in [9.17, 15) is 0 Å². The lowest BCUT2D eigenvalue weighted by molar-refractivity contribution is 0.150. The summed E-state index contributed by atoms with van der Waals surface area (Å²) in [5.41, 5.74) is 2.69. The second-order valence-corrected chi connectivity index (χ2v) is 5.62. The van der Waals surface area contributed by atoms with Crippen molar-refractivity contribution in [3.8, 4) is 6.07 Å². The molecule has 0 atom stereocenters. The molecule has 0 N–H and O–H groups in total. The molecule has 0 spiro atoms. The van der Waals surface area contributed by atoms with Crippen LogP contribution < -0.4 is 0 Å². The van der Waals surface area contributed by atoms with Crippen molar-refractivity contribution in [2.75, 3.05) is 13.1 Å². The predicted octanol–water partition coefficient (Wildman–Crippen LogP) is 3.37. The molecule has 0 aromatic heterocycles. The summed E-state index contributed by atoms with van der Waals surface area (Å²) in [5.74, 6) is 0. The van der Waals surface area contributed by atoms with E-state index in [2.05, 4.69) is 49.1 Å². The van der Waals surface area contributed by atoms with Gasteiger partial charge in [0.25, 0.3) is 0 Å². The lowest BCUT2D eigenvalue weighted by Gasteiger charge is -2.34. The van der Waals surface area contributed by atoms with Gasteiger partial charge in [0.1, 0.15) is 0 Å². The first-order chi connectivity index (χ1) is 8.65. The molecule has 0 radical (unpaired) electrons. The first-order valence-corrected chi connectivity index (χ1v) is 6.86. The normalized spacial score (nSPS) is 19.4. The Hall–Kier alpha value is -1.33. The van der Waals surface area contributed by atoms with Crippen LogP contribution in [0, 0.1) is 16.7 Å². The highest BCUT2D eigenvalue weighted by molar-refractivity contribution is 5.22. The third kappa shape index (κ3) is 3.11. The third-order valence-corrected chi connectivity index (χ3v) is 4.07. The standard InChI is InChI=1S/C16H22N2/c1-3-14-4-6-15(7-5-14)12-18-10-8-16(2,13-17)9-11-18/h4-7H,3,8-12H2,1-2H3. The van der Waals surface area contributed by atoms with Crippen LogP contribution in [0.4, 0.5) is 0 Å². The van der Waals surface area contributed by atoms with Crippen LogP contribution in [0.5, 0.6) is 0 Å². The van der Waals surface area contributed by atoms with Gasteiger partial charge >= 0.3 is 0 Å². The van der Waals surface area contributed by atoms with Gasteiger partial charge in [0.05, 0.1) is 11.5 Å². The lowest BCUT2D eigenvalue weighted by Crippen LogP contribution is -2.37. The summed E-state index contributed by atoms with van der Waals surface area (Å²) in [6.07, 6.45) is 3.09. The van der Waals surface area contributed by atoms with Gasteiger partial charge < -0.3 is 0 Å². The van der Waals surface area contributed by atoms with Crippen LogP contribution in [0.1, 0.15) is 37.8 Å². The molecule has 0 unspecified atom stereocenters. The van der Waals surface area contributed by atoms with Crippen molar-refractivity contribution in [2.24, 2.45) is 5.41 Å². The molecule has 1 aliphatic heterocycles. The van der Waals surface area contributed by atoms with Gasteiger partial charge in [0, 0.05) is 6.54 Å². The summed E-state index contributed by atoms with van der Waals surface area (Å²) in [6.45, 7) is 7.37. The molecule has 2 rings (SSSR count). The molecule has 1 heterocycles. The van der Waals surface area contributed by atoms with Gasteiger partial charge in [-0.25, -0.2) is 0 Å². The van der Waals surface area contributed by atoms with Crippen LogP contribution in [0.2, 0.25) is 0 Å². The van der Waals surface area contributed by atoms with Crippen LogP contribution in [-0.4, -0.2) is 18.0 Å². The Morgan fingerprint density at radius 3 is 2.22 bits per heavy atom. The van der Waals surface area contributed by atoms with Crippen LogP contribution in [0.3, 0.4) is 0 Å². The van der Waals surface area contributed by atoms with Gasteiger partial charge in [-0.1, -0.05) is 31.2 Å². The summed E-state index contributed by atoms with van der Waals surface area (Å²) < 4.78 is 0. The highest BCUT2D eigenvalue weighted by Crippen LogP contribution is 2.30. The number of nitriles is 1. The average molecular weight is 242 g/mol. The number of nitrogens with zero attached hydrogens (tertiary/aromatic N) is 2. The average Bonchev–Trinajstić information content (AvgIpc) is 2.42. The summed E-state index contributed by atoms with van der Waals surface area (Å²) in [5, 5.41) is 9.12. The minimum atomic E-state index is -0.0947. The Morgan fingerprint density at radius 2 is 1.72 bits per heavy atom. The highest BCUT2D eigenvalue weighted by atomic mass is 15.1. The van der Waals surface area contributed by atoms with Crippen LogP contribution in [0.15, 0.2) is 24.3 Å². The van der Waals surface area contributed by atoms with Crippen LogP contribution in [0.25, 0.3) is 0 Å². The molecule has 1 aromatic carbocycles. The summed E-state index contributed by atoms with van der Waals surface area (Å²) in [4.78, 5) is 2.46. The lowest BCUT2D eigenvalue weighted by atomic mass is 9.82. The maximum Gasteiger partial charge on any atom is 0.0687 e. The zero-order chi connectivity index (χ0) is 13.0. The van der Waals surface area contributed by atoms with E-state index in [1.54, 1.807) is 0 Å². The first kappa shape index (κ1) is 13.1. The van der Waals surface area contributed by atoms with Gasteiger partial charge in [-0.2, -0.15) is 5.26 Å². The van der Waals surface area contributed by atoms with E-state index in [0.717, 1.165) is 38.9 Å². The van der Waals surface area contributed by atoms with Gasteiger partial charge in [-0.15, -0.1) is 0 Å². The van der Waals surface area contributed by atoms with E-state index in [4.69, 9.17) is 5.26 Å². The fourth-order valence-electron chi connectivity index (χ4n) is 2.46. The van der Waals surface area contributed by atoms with Crippen molar-refractivity contribution in [1.82, 2.24) is 4.90 Å².